The third-order valence-corrected chi connectivity index (χ3v) is 0.178. The zero-order valence-electron chi connectivity index (χ0n) is 3.13. The van der Waals surface area contributed by atoms with Gasteiger partial charge in [0.05, 0.1) is 0 Å². The second-order valence-corrected chi connectivity index (χ2v) is 0.490. The van der Waals surface area contributed by atoms with Crippen molar-refractivity contribution in [3.05, 3.63) is 6.92 Å². The lowest BCUT2D eigenvalue weighted by Gasteiger charge is -1.73. The van der Waals surface area contributed by atoms with Crippen LogP contribution in [-0.4, -0.2) is 12.7 Å². The van der Waals surface area contributed by atoms with Crippen molar-refractivity contribution in [3.63, 3.8) is 0 Å². The minimum Gasteiger partial charge on any atom is -0.322 e. The Morgan fingerprint density at radius 3 is 2.67 bits per heavy atom. The zero-order chi connectivity index (χ0) is 4.83. The van der Waals surface area contributed by atoms with Crippen molar-refractivity contribution in [1.29, 1.82) is 0 Å². The normalized spacial score (nSPS) is 8.83. The Bertz CT molecular complexity index is 59.8. The fourth-order valence-electron chi connectivity index (χ4n) is 0.0679. The first-order valence-electron chi connectivity index (χ1n) is 1.32. The highest BCUT2D eigenvalue weighted by atomic mass is 16.7. The highest BCUT2D eigenvalue weighted by molar-refractivity contribution is 5.61. The van der Waals surface area contributed by atoms with E-state index in [2.05, 4.69) is 16.9 Å². The number of rotatable bonds is 2. The van der Waals surface area contributed by atoms with E-state index < -0.39 is 0 Å². The zero-order valence-corrected chi connectivity index (χ0v) is 3.13. The molecule has 3 heteroatoms. The molecule has 0 aromatic carbocycles. The Balaban J connectivity index is 2.85. The molecule has 0 unspecified atom stereocenters. The molecule has 0 aliphatic heterocycles. The minimum absolute atomic E-state index is 0.224. The summed E-state index contributed by atoms with van der Waals surface area (Å²) in [4.78, 5) is 13.0. The van der Waals surface area contributed by atoms with Crippen LogP contribution in [0, 0.1) is 6.92 Å². The Labute approximate surface area is 35.6 Å². The van der Waals surface area contributed by atoms with Gasteiger partial charge >= 0.3 is 6.47 Å². The summed E-state index contributed by atoms with van der Waals surface area (Å²) in [6.07, 6.45) is 1.13. The van der Waals surface area contributed by atoms with E-state index in [-0.39, 0.29) is 6.47 Å². The lowest BCUT2D eigenvalue weighted by atomic mass is 10.9. The van der Waals surface area contributed by atoms with E-state index in [0.717, 1.165) is 6.21 Å². The summed E-state index contributed by atoms with van der Waals surface area (Å²) in [7, 11) is 0. The van der Waals surface area contributed by atoms with Gasteiger partial charge in [-0.1, -0.05) is 5.16 Å². The molecule has 0 spiro atoms. The summed E-state index contributed by atoms with van der Waals surface area (Å²) in [6.45, 7) is 3.37. The van der Waals surface area contributed by atoms with Crippen LogP contribution in [0.1, 0.15) is 0 Å². The highest BCUT2D eigenvalue weighted by Crippen LogP contribution is 1.59. The summed E-state index contributed by atoms with van der Waals surface area (Å²) in [5, 5.41) is 2.99. The van der Waals surface area contributed by atoms with Crippen LogP contribution in [0.3, 0.4) is 0 Å². The van der Waals surface area contributed by atoms with Crippen LogP contribution in [0.2, 0.25) is 0 Å². The Morgan fingerprint density at radius 1 is 1.83 bits per heavy atom. The molecule has 0 rings (SSSR count). The topological polar surface area (TPSA) is 38.7 Å². The predicted octanol–water partition coefficient (Wildman–Crippen LogP) is -0.0207. The SMILES string of the molecule is [CH2]C=NOC=O. The Hall–Kier alpha value is -0.860. The third-order valence-electron chi connectivity index (χ3n) is 0.178. The molecule has 0 heterocycles. The van der Waals surface area contributed by atoms with Crippen LogP contribution >= 0.6 is 0 Å². The van der Waals surface area contributed by atoms with Gasteiger partial charge in [0.2, 0.25) is 0 Å². The third kappa shape index (κ3) is 3.14. The second-order valence-electron chi connectivity index (χ2n) is 0.490. The Kier molecular flexibility index (Phi) is 3.55. The molecule has 0 atom stereocenters. The molecule has 0 bridgehead atoms. The largest absolute Gasteiger partial charge is 0.323 e. The number of hydrogen-bond acceptors (Lipinski definition) is 3. The van der Waals surface area contributed by atoms with Crippen molar-refractivity contribution in [2.75, 3.05) is 0 Å². The first-order chi connectivity index (χ1) is 2.91. The maximum absolute atomic E-state index is 9.20. The molecule has 3 nitrogen and oxygen atoms in total. The van der Waals surface area contributed by atoms with Crippen LogP contribution < -0.4 is 0 Å². The molecular formula is C3H4NO2. The molecule has 0 amide bonds. The standard InChI is InChI=1S/C3H4NO2/c1-2-4-6-3-5/h2-3H,1H2. The molecule has 0 aliphatic carbocycles. The summed E-state index contributed by atoms with van der Waals surface area (Å²) >= 11 is 0. The molecule has 1 radical (unpaired) electrons. The van der Waals surface area contributed by atoms with Gasteiger partial charge in [-0.05, 0) is 6.92 Å². The number of carbonyl (C=O) groups is 1. The molecular weight excluding hydrogens is 82.0 g/mol. The van der Waals surface area contributed by atoms with Crippen molar-refractivity contribution in [1.82, 2.24) is 0 Å². The number of hydrogen-bond donors (Lipinski definition) is 0. The van der Waals surface area contributed by atoms with Gasteiger partial charge in [-0.15, -0.1) is 0 Å². The highest BCUT2D eigenvalue weighted by Gasteiger charge is 1.59. The summed E-state index contributed by atoms with van der Waals surface area (Å²) < 4.78 is 0. The molecule has 0 aromatic rings. The van der Waals surface area contributed by atoms with Crippen molar-refractivity contribution in [3.8, 4) is 0 Å². The van der Waals surface area contributed by atoms with E-state index >= 15 is 0 Å². The lowest BCUT2D eigenvalue weighted by molar-refractivity contribution is -0.128. The first-order valence-corrected chi connectivity index (χ1v) is 1.32. The number of oxime groups is 1. The molecule has 0 aromatic heterocycles. The molecule has 0 aliphatic rings. The van der Waals surface area contributed by atoms with Gasteiger partial charge in [-0.2, -0.15) is 0 Å². The molecule has 6 heavy (non-hydrogen) atoms. The van der Waals surface area contributed by atoms with Crippen molar-refractivity contribution < 1.29 is 9.63 Å². The van der Waals surface area contributed by atoms with E-state index in [1.807, 2.05) is 0 Å². The fourth-order valence-corrected chi connectivity index (χ4v) is 0.0679. The van der Waals surface area contributed by atoms with Crippen LogP contribution in [0.15, 0.2) is 5.16 Å². The smallest absolute Gasteiger partial charge is 0.322 e. The van der Waals surface area contributed by atoms with Gasteiger partial charge in [-0.25, -0.2) is 0 Å². The summed E-state index contributed by atoms with van der Waals surface area (Å²) in [5.41, 5.74) is 0. The van der Waals surface area contributed by atoms with Gasteiger partial charge < -0.3 is 4.84 Å². The van der Waals surface area contributed by atoms with Gasteiger partial charge in [0, 0.05) is 6.21 Å². The van der Waals surface area contributed by atoms with Crippen LogP contribution in [-0.2, 0) is 9.63 Å². The predicted molar refractivity (Wildman–Crippen MR) is 21.0 cm³/mol. The van der Waals surface area contributed by atoms with Gasteiger partial charge in [0.25, 0.3) is 0 Å². The average molecular weight is 86.1 g/mol. The fraction of sp³-hybridized carbons (Fsp3) is 0. The number of nitrogens with zero attached hydrogens (tertiary/aromatic N) is 1. The minimum atomic E-state index is 0.224. The summed E-state index contributed by atoms with van der Waals surface area (Å²) in [6, 6.07) is 0. The van der Waals surface area contributed by atoms with E-state index in [0.29, 0.717) is 0 Å². The maximum atomic E-state index is 9.20. The van der Waals surface area contributed by atoms with Crippen LogP contribution in [0.25, 0.3) is 0 Å². The monoisotopic (exact) mass is 86.0 g/mol. The van der Waals surface area contributed by atoms with E-state index in [9.17, 15) is 4.79 Å². The lowest BCUT2D eigenvalue weighted by Crippen LogP contribution is -1.71. The molecule has 33 valence electrons. The quantitative estimate of drug-likeness (QED) is 0.205. The molecule has 0 N–H and O–H groups in total. The summed E-state index contributed by atoms with van der Waals surface area (Å²) in [5.74, 6) is 0. The average Bonchev–Trinajstić information content (AvgIpc) is 1.61. The molecule has 0 saturated carbocycles. The molecule has 0 fully saturated rings. The van der Waals surface area contributed by atoms with Crippen molar-refractivity contribution in [2.45, 2.75) is 0 Å². The molecule has 0 saturated heterocycles. The van der Waals surface area contributed by atoms with Gasteiger partial charge in [0.1, 0.15) is 0 Å². The van der Waals surface area contributed by atoms with E-state index in [1.54, 1.807) is 0 Å². The first kappa shape index (κ1) is 5.14. The number of carbonyl (C=O) groups excluding carboxylic acids is 1. The van der Waals surface area contributed by atoms with E-state index in [4.69, 9.17) is 0 Å². The van der Waals surface area contributed by atoms with Gasteiger partial charge in [-0.3, -0.25) is 4.79 Å². The van der Waals surface area contributed by atoms with Crippen molar-refractivity contribution in [2.24, 2.45) is 5.16 Å². The Morgan fingerprint density at radius 2 is 2.50 bits per heavy atom. The van der Waals surface area contributed by atoms with E-state index in [1.165, 1.54) is 0 Å². The van der Waals surface area contributed by atoms with Crippen LogP contribution in [0.5, 0.6) is 0 Å². The van der Waals surface area contributed by atoms with Crippen molar-refractivity contribution >= 4 is 12.7 Å². The van der Waals surface area contributed by atoms with Gasteiger partial charge in [0.15, 0.2) is 0 Å². The maximum Gasteiger partial charge on any atom is 0.323 e. The second kappa shape index (κ2) is 4.14. The van der Waals surface area contributed by atoms with Crippen LogP contribution in [0.4, 0.5) is 0 Å².